The Bertz CT molecular complexity index is 1000. The van der Waals surface area contributed by atoms with Crippen molar-refractivity contribution in [3.63, 3.8) is 0 Å². The molecule has 202 valence electrons. The predicted molar refractivity (Wildman–Crippen MR) is 147 cm³/mol. The third kappa shape index (κ3) is 9.90. The molecular weight excluding hydrogens is 490 g/mol. The van der Waals surface area contributed by atoms with Gasteiger partial charge in [0.25, 0.3) is 0 Å². The molecule has 0 aromatic heterocycles. The van der Waals surface area contributed by atoms with E-state index in [1.165, 1.54) is 0 Å². The van der Waals surface area contributed by atoms with Crippen LogP contribution in [0.15, 0.2) is 54.6 Å². The van der Waals surface area contributed by atoms with E-state index in [4.69, 9.17) is 21.1 Å². The Morgan fingerprint density at radius 2 is 1.70 bits per heavy atom. The molecule has 2 aromatic carbocycles. The molecule has 0 spiro atoms. The number of rotatable bonds is 10. The highest BCUT2D eigenvalue weighted by molar-refractivity contribution is 6.30. The van der Waals surface area contributed by atoms with E-state index in [1.807, 2.05) is 69.3 Å². The summed E-state index contributed by atoms with van der Waals surface area (Å²) in [5.74, 6) is 0. The van der Waals surface area contributed by atoms with Crippen molar-refractivity contribution in [3.8, 4) is 0 Å². The first-order valence-electron chi connectivity index (χ1n) is 13.1. The van der Waals surface area contributed by atoms with Crippen LogP contribution in [-0.4, -0.2) is 43.5 Å². The van der Waals surface area contributed by atoms with Crippen molar-refractivity contribution >= 4 is 23.8 Å². The zero-order chi connectivity index (χ0) is 26.7. The Morgan fingerprint density at radius 1 is 0.973 bits per heavy atom. The highest BCUT2D eigenvalue weighted by atomic mass is 35.5. The fraction of sp³-hybridized carbons (Fsp3) is 0.517. The van der Waals surface area contributed by atoms with Crippen LogP contribution in [0.2, 0.25) is 5.02 Å². The van der Waals surface area contributed by atoms with Gasteiger partial charge in [0, 0.05) is 29.6 Å². The molecule has 0 bridgehead atoms. The summed E-state index contributed by atoms with van der Waals surface area (Å²) in [6.07, 6.45) is 3.82. The molecule has 0 unspecified atom stereocenters. The third-order valence-corrected chi connectivity index (χ3v) is 6.85. The van der Waals surface area contributed by atoms with Crippen molar-refractivity contribution in [2.75, 3.05) is 19.6 Å². The number of ether oxygens (including phenoxy) is 2. The van der Waals surface area contributed by atoms with E-state index in [-0.39, 0.29) is 12.0 Å². The number of carbonyl (C=O) groups is 2. The molecule has 0 saturated heterocycles. The van der Waals surface area contributed by atoms with Gasteiger partial charge in [0.2, 0.25) is 0 Å². The van der Waals surface area contributed by atoms with Gasteiger partial charge in [-0.2, -0.15) is 0 Å². The summed E-state index contributed by atoms with van der Waals surface area (Å²) in [4.78, 5) is 24.3. The molecule has 0 atom stereocenters. The molecule has 3 N–H and O–H groups in total. The van der Waals surface area contributed by atoms with Crippen molar-refractivity contribution < 1.29 is 19.1 Å². The topological polar surface area (TPSA) is 88.7 Å². The fourth-order valence-corrected chi connectivity index (χ4v) is 4.87. The molecule has 1 saturated carbocycles. The lowest BCUT2D eigenvalue weighted by Crippen LogP contribution is -2.47. The number of alkyl carbamates (subject to hydrolysis) is 2. The molecule has 7 nitrogen and oxygen atoms in total. The summed E-state index contributed by atoms with van der Waals surface area (Å²) in [7, 11) is 0. The Morgan fingerprint density at radius 3 is 2.38 bits per heavy atom. The zero-order valence-electron chi connectivity index (χ0n) is 22.1. The van der Waals surface area contributed by atoms with Crippen molar-refractivity contribution in [1.82, 2.24) is 16.0 Å². The fourth-order valence-electron chi connectivity index (χ4n) is 4.68. The van der Waals surface area contributed by atoms with Gasteiger partial charge in [-0.3, -0.25) is 0 Å². The Hall–Kier alpha value is -2.77. The first kappa shape index (κ1) is 28.8. The van der Waals surface area contributed by atoms with Crippen LogP contribution in [0.1, 0.15) is 64.0 Å². The number of hydrogen-bond donors (Lipinski definition) is 3. The van der Waals surface area contributed by atoms with Crippen LogP contribution in [0.3, 0.4) is 0 Å². The summed E-state index contributed by atoms with van der Waals surface area (Å²) < 4.78 is 10.7. The van der Waals surface area contributed by atoms with Gasteiger partial charge in [-0.05, 0) is 82.7 Å². The van der Waals surface area contributed by atoms with Gasteiger partial charge in [0.15, 0.2) is 0 Å². The average molecular weight is 530 g/mol. The van der Waals surface area contributed by atoms with E-state index in [9.17, 15) is 9.59 Å². The summed E-state index contributed by atoms with van der Waals surface area (Å²) in [6, 6.07) is 18.0. The quantitative estimate of drug-likeness (QED) is 0.331. The maximum atomic E-state index is 12.4. The Kier molecular flexibility index (Phi) is 10.6. The van der Waals surface area contributed by atoms with Crippen LogP contribution in [0, 0.1) is 0 Å². The number of benzene rings is 2. The van der Waals surface area contributed by atoms with Crippen molar-refractivity contribution in [3.05, 3.63) is 70.7 Å². The molecule has 0 radical (unpaired) electrons. The lowest BCUT2D eigenvalue weighted by Gasteiger charge is -2.41. The van der Waals surface area contributed by atoms with E-state index in [1.54, 1.807) is 0 Å². The number of nitrogens with one attached hydrogen (secondary N) is 3. The molecule has 0 heterocycles. The molecule has 8 heteroatoms. The summed E-state index contributed by atoms with van der Waals surface area (Å²) >= 11 is 6.31. The molecule has 37 heavy (non-hydrogen) atoms. The second-order valence-corrected chi connectivity index (χ2v) is 11.2. The van der Waals surface area contributed by atoms with Gasteiger partial charge >= 0.3 is 12.2 Å². The van der Waals surface area contributed by atoms with Gasteiger partial charge in [0.1, 0.15) is 12.2 Å². The van der Waals surface area contributed by atoms with Gasteiger partial charge < -0.3 is 25.4 Å². The molecule has 2 amide bonds. The van der Waals surface area contributed by atoms with E-state index < -0.39 is 17.8 Å². The Balaban J connectivity index is 1.41. The summed E-state index contributed by atoms with van der Waals surface area (Å²) in [6.45, 7) is 7.72. The summed E-state index contributed by atoms with van der Waals surface area (Å²) in [5.41, 5.74) is 1.38. The first-order chi connectivity index (χ1) is 17.7. The van der Waals surface area contributed by atoms with E-state index >= 15 is 0 Å². The van der Waals surface area contributed by atoms with Gasteiger partial charge in [-0.25, -0.2) is 9.59 Å². The maximum Gasteiger partial charge on any atom is 0.407 e. The van der Waals surface area contributed by atoms with Crippen LogP contribution in [0.25, 0.3) is 0 Å². The number of amides is 2. The van der Waals surface area contributed by atoms with Crippen LogP contribution in [-0.2, 0) is 21.5 Å². The van der Waals surface area contributed by atoms with Gasteiger partial charge in [-0.1, -0.05) is 54.1 Å². The van der Waals surface area contributed by atoms with Crippen LogP contribution in [0.5, 0.6) is 0 Å². The highest BCUT2D eigenvalue weighted by Crippen LogP contribution is 2.40. The van der Waals surface area contributed by atoms with Crippen LogP contribution >= 0.6 is 11.6 Å². The average Bonchev–Trinajstić information content (AvgIpc) is 2.86. The molecule has 2 aromatic rings. The number of carbonyl (C=O) groups excluding carboxylic acids is 2. The number of hydrogen-bond acceptors (Lipinski definition) is 5. The maximum absolute atomic E-state index is 12.4. The molecule has 0 aliphatic heterocycles. The smallest absolute Gasteiger partial charge is 0.407 e. The SMILES string of the molecule is CC(C)(C)OC(=O)NCC1(c2cccc(Cl)c2)CCC(NCCCNC(=O)OCc2ccccc2)CC1. The zero-order valence-corrected chi connectivity index (χ0v) is 22.9. The van der Waals surface area contributed by atoms with Gasteiger partial charge in [-0.15, -0.1) is 0 Å². The normalized spacial score (nSPS) is 19.6. The molecule has 1 fully saturated rings. The third-order valence-electron chi connectivity index (χ3n) is 6.62. The minimum atomic E-state index is -0.539. The molecule has 1 aliphatic carbocycles. The second-order valence-electron chi connectivity index (χ2n) is 10.7. The highest BCUT2D eigenvalue weighted by Gasteiger charge is 2.37. The van der Waals surface area contributed by atoms with E-state index in [0.29, 0.717) is 24.2 Å². The summed E-state index contributed by atoms with van der Waals surface area (Å²) in [5, 5.41) is 10.1. The standard InChI is InChI=1S/C29H40ClN3O4/c1-28(2,3)37-27(35)33-21-29(23-11-7-12-24(30)19-23)15-13-25(14-16-29)31-17-8-18-32-26(34)36-20-22-9-5-4-6-10-22/h4-7,9-12,19,25,31H,8,13-18,20-21H2,1-3H3,(H,32,34)(H,33,35). The molecule has 1 aliphatic rings. The van der Waals surface area contributed by atoms with Crippen molar-refractivity contribution in [2.45, 2.75) is 76.5 Å². The van der Waals surface area contributed by atoms with Crippen LogP contribution < -0.4 is 16.0 Å². The monoisotopic (exact) mass is 529 g/mol. The van der Waals surface area contributed by atoms with Gasteiger partial charge in [0.05, 0.1) is 0 Å². The Labute approximate surface area is 225 Å². The second kappa shape index (κ2) is 13.7. The minimum Gasteiger partial charge on any atom is -0.445 e. The lowest BCUT2D eigenvalue weighted by molar-refractivity contribution is 0.0506. The largest absolute Gasteiger partial charge is 0.445 e. The van der Waals surface area contributed by atoms with Crippen molar-refractivity contribution in [1.29, 1.82) is 0 Å². The molecular formula is C29H40ClN3O4. The predicted octanol–water partition coefficient (Wildman–Crippen LogP) is 5.95. The molecule has 3 rings (SSSR count). The van der Waals surface area contributed by atoms with E-state index in [2.05, 4.69) is 22.0 Å². The lowest BCUT2D eigenvalue weighted by atomic mass is 9.68. The van der Waals surface area contributed by atoms with E-state index in [0.717, 1.165) is 49.8 Å². The van der Waals surface area contributed by atoms with Crippen molar-refractivity contribution in [2.24, 2.45) is 0 Å². The van der Waals surface area contributed by atoms with Crippen LogP contribution in [0.4, 0.5) is 9.59 Å². The number of halogens is 1. The first-order valence-corrected chi connectivity index (χ1v) is 13.4. The minimum absolute atomic E-state index is 0.190.